The molecule has 1 aromatic heterocycles. The minimum atomic E-state index is 0.566. The number of hydrogen-bond acceptors (Lipinski definition) is 5. The molecule has 0 aliphatic heterocycles. The zero-order chi connectivity index (χ0) is 14.4. The predicted molar refractivity (Wildman–Crippen MR) is 80.0 cm³/mol. The number of methoxy groups -OCH3 is 1. The summed E-state index contributed by atoms with van der Waals surface area (Å²) >= 11 is 0. The van der Waals surface area contributed by atoms with E-state index in [1.165, 1.54) is 0 Å². The van der Waals surface area contributed by atoms with Crippen LogP contribution in [0.3, 0.4) is 0 Å². The maximum Gasteiger partial charge on any atom is 0.204 e. The average molecular weight is 266 g/mol. The molecule has 0 radical (unpaired) electrons. The zero-order valence-corrected chi connectivity index (χ0v) is 12.9. The standard InChI is InChI=1S/C14H26N4O/c1-10(2)7-18(8-11(3)4)14-12(19-6)13(15-5)16-9-17-14/h9-11H,7-8H2,1-6H3,(H,15,16,17). The Morgan fingerprint density at radius 1 is 1.16 bits per heavy atom. The molecule has 0 spiro atoms. The van der Waals surface area contributed by atoms with Crippen molar-refractivity contribution in [3.63, 3.8) is 0 Å². The third kappa shape index (κ3) is 4.26. The van der Waals surface area contributed by atoms with Gasteiger partial charge in [0.2, 0.25) is 5.75 Å². The van der Waals surface area contributed by atoms with Crippen LogP contribution in [0.2, 0.25) is 0 Å². The van der Waals surface area contributed by atoms with E-state index in [4.69, 9.17) is 4.74 Å². The molecule has 5 heteroatoms. The van der Waals surface area contributed by atoms with Crippen LogP contribution in [-0.4, -0.2) is 37.2 Å². The van der Waals surface area contributed by atoms with Crippen molar-refractivity contribution < 1.29 is 4.74 Å². The summed E-state index contributed by atoms with van der Waals surface area (Å²) in [6.45, 7) is 10.7. The highest BCUT2D eigenvalue weighted by atomic mass is 16.5. The number of nitrogens with zero attached hydrogens (tertiary/aromatic N) is 3. The number of rotatable bonds is 7. The lowest BCUT2D eigenvalue weighted by molar-refractivity contribution is 0.409. The van der Waals surface area contributed by atoms with Crippen molar-refractivity contribution in [3.8, 4) is 5.75 Å². The molecule has 0 amide bonds. The number of aromatic nitrogens is 2. The molecule has 108 valence electrons. The van der Waals surface area contributed by atoms with E-state index in [0.717, 1.165) is 24.7 Å². The fourth-order valence-electron chi connectivity index (χ4n) is 2.08. The molecule has 1 aromatic rings. The molecular weight excluding hydrogens is 240 g/mol. The van der Waals surface area contributed by atoms with Gasteiger partial charge in [-0.3, -0.25) is 0 Å². The second-order valence-corrected chi connectivity index (χ2v) is 5.52. The summed E-state index contributed by atoms with van der Waals surface area (Å²) < 4.78 is 5.48. The van der Waals surface area contributed by atoms with Crippen LogP contribution < -0.4 is 15.0 Å². The Morgan fingerprint density at radius 2 is 1.74 bits per heavy atom. The van der Waals surface area contributed by atoms with E-state index >= 15 is 0 Å². The molecule has 0 aliphatic carbocycles. The second-order valence-electron chi connectivity index (χ2n) is 5.52. The van der Waals surface area contributed by atoms with Gasteiger partial charge in [0, 0.05) is 20.1 Å². The molecule has 5 nitrogen and oxygen atoms in total. The van der Waals surface area contributed by atoms with Crippen LogP contribution in [-0.2, 0) is 0 Å². The van der Waals surface area contributed by atoms with Gasteiger partial charge in [0.1, 0.15) is 6.33 Å². The van der Waals surface area contributed by atoms with Crippen LogP contribution >= 0.6 is 0 Å². The molecular formula is C14H26N4O. The average Bonchev–Trinajstić information content (AvgIpc) is 2.35. The summed E-state index contributed by atoms with van der Waals surface area (Å²) in [5, 5.41) is 3.05. The van der Waals surface area contributed by atoms with E-state index in [-0.39, 0.29) is 0 Å². The Labute approximate surface area is 116 Å². The summed E-state index contributed by atoms with van der Waals surface area (Å²) in [7, 11) is 3.50. The van der Waals surface area contributed by atoms with Crippen molar-refractivity contribution in [2.45, 2.75) is 27.7 Å². The molecule has 0 saturated carbocycles. The third-order valence-electron chi connectivity index (χ3n) is 2.70. The van der Waals surface area contributed by atoms with Gasteiger partial charge in [0.15, 0.2) is 11.6 Å². The number of hydrogen-bond donors (Lipinski definition) is 1. The Kier molecular flexibility index (Phi) is 5.86. The largest absolute Gasteiger partial charge is 0.490 e. The fraction of sp³-hybridized carbons (Fsp3) is 0.714. The maximum absolute atomic E-state index is 5.48. The Hall–Kier alpha value is -1.52. The van der Waals surface area contributed by atoms with Crippen LogP contribution in [0.5, 0.6) is 5.75 Å². The van der Waals surface area contributed by atoms with E-state index in [2.05, 4.69) is 47.9 Å². The van der Waals surface area contributed by atoms with E-state index in [9.17, 15) is 0 Å². The monoisotopic (exact) mass is 266 g/mol. The highest BCUT2D eigenvalue weighted by Gasteiger charge is 2.19. The van der Waals surface area contributed by atoms with E-state index in [1.54, 1.807) is 13.4 Å². The summed E-state index contributed by atoms with van der Waals surface area (Å²) in [4.78, 5) is 10.9. The molecule has 0 saturated heterocycles. The number of ether oxygens (including phenoxy) is 1. The summed E-state index contributed by atoms with van der Waals surface area (Å²) in [5.41, 5.74) is 0. The highest BCUT2D eigenvalue weighted by molar-refractivity contribution is 5.64. The van der Waals surface area contributed by atoms with E-state index < -0.39 is 0 Å². The molecule has 0 aromatic carbocycles. The smallest absolute Gasteiger partial charge is 0.204 e. The molecule has 1 heterocycles. The number of nitrogens with one attached hydrogen (secondary N) is 1. The molecule has 0 fully saturated rings. The van der Waals surface area contributed by atoms with Crippen molar-refractivity contribution in [2.24, 2.45) is 11.8 Å². The van der Waals surface area contributed by atoms with Gasteiger partial charge in [0.05, 0.1) is 7.11 Å². The molecule has 0 bridgehead atoms. The summed E-state index contributed by atoms with van der Waals surface area (Å²) in [6, 6.07) is 0. The highest BCUT2D eigenvalue weighted by Crippen LogP contribution is 2.32. The van der Waals surface area contributed by atoms with Crippen molar-refractivity contribution >= 4 is 11.6 Å². The van der Waals surface area contributed by atoms with Crippen LogP contribution in [0, 0.1) is 11.8 Å². The maximum atomic E-state index is 5.48. The molecule has 19 heavy (non-hydrogen) atoms. The van der Waals surface area contributed by atoms with Gasteiger partial charge >= 0.3 is 0 Å². The second kappa shape index (κ2) is 7.16. The topological polar surface area (TPSA) is 50.3 Å². The predicted octanol–water partition coefficient (Wildman–Crippen LogP) is 2.65. The lowest BCUT2D eigenvalue weighted by Gasteiger charge is -2.28. The first-order chi connectivity index (χ1) is 8.99. The normalized spacial score (nSPS) is 10.9. The van der Waals surface area contributed by atoms with Crippen LogP contribution in [0.25, 0.3) is 0 Å². The molecule has 0 unspecified atom stereocenters. The quantitative estimate of drug-likeness (QED) is 0.822. The Balaban J connectivity index is 3.13. The molecule has 1 N–H and O–H groups in total. The van der Waals surface area contributed by atoms with E-state index in [1.807, 2.05) is 7.05 Å². The minimum absolute atomic E-state index is 0.566. The minimum Gasteiger partial charge on any atom is -0.490 e. The first-order valence-corrected chi connectivity index (χ1v) is 6.81. The van der Waals surface area contributed by atoms with Crippen molar-refractivity contribution in [1.29, 1.82) is 0 Å². The van der Waals surface area contributed by atoms with Crippen LogP contribution in [0.15, 0.2) is 6.33 Å². The van der Waals surface area contributed by atoms with Gasteiger partial charge in [-0.2, -0.15) is 0 Å². The van der Waals surface area contributed by atoms with Gasteiger partial charge in [-0.1, -0.05) is 27.7 Å². The van der Waals surface area contributed by atoms with E-state index in [0.29, 0.717) is 17.6 Å². The first-order valence-electron chi connectivity index (χ1n) is 6.81. The Morgan fingerprint density at radius 3 is 2.16 bits per heavy atom. The van der Waals surface area contributed by atoms with Crippen molar-refractivity contribution in [2.75, 3.05) is 37.5 Å². The SMILES string of the molecule is CNc1ncnc(N(CC(C)C)CC(C)C)c1OC. The van der Waals surface area contributed by atoms with Gasteiger partial charge < -0.3 is 15.0 Å². The fourth-order valence-corrected chi connectivity index (χ4v) is 2.08. The van der Waals surface area contributed by atoms with Crippen molar-refractivity contribution in [3.05, 3.63) is 6.33 Å². The zero-order valence-electron chi connectivity index (χ0n) is 12.9. The van der Waals surface area contributed by atoms with Gasteiger partial charge in [0.25, 0.3) is 0 Å². The first kappa shape index (κ1) is 15.5. The molecule has 0 aliphatic rings. The number of anilines is 2. The van der Waals surface area contributed by atoms with Crippen LogP contribution in [0.4, 0.5) is 11.6 Å². The summed E-state index contributed by atoms with van der Waals surface area (Å²) in [5.74, 6) is 3.44. The summed E-state index contributed by atoms with van der Waals surface area (Å²) in [6.07, 6.45) is 1.58. The van der Waals surface area contributed by atoms with Gasteiger partial charge in [-0.15, -0.1) is 0 Å². The van der Waals surface area contributed by atoms with Gasteiger partial charge in [-0.05, 0) is 11.8 Å². The van der Waals surface area contributed by atoms with Gasteiger partial charge in [-0.25, -0.2) is 9.97 Å². The lowest BCUT2D eigenvalue weighted by atomic mass is 10.1. The third-order valence-corrected chi connectivity index (χ3v) is 2.70. The molecule has 0 atom stereocenters. The molecule has 1 rings (SSSR count). The lowest BCUT2D eigenvalue weighted by Crippen LogP contribution is -2.32. The Bertz CT molecular complexity index is 383. The van der Waals surface area contributed by atoms with Crippen molar-refractivity contribution in [1.82, 2.24) is 9.97 Å². The van der Waals surface area contributed by atoms with Crippen LogP contribution in [0.1, 0.15) is 27.7 Å².